The van der Waals surface area contributed by atoms with Crippen molar-refractivity contribution in [2.45, 2.75) is 25.4 Å². The number of hydrogen-bond donors (Lipinski definition) is 2. The van der Waals surface area contributed by atoms with Gasteiger partial charge >= 0.3 is 0 Å². The minimum absolute atomic E-state index is 0.0506. The maximum atomic E-state index is 12.1. The Morgan fingerprint density at radius 3 is 2.46 bits per heavy atom. The van der Waals surface area contributed by atoms with Crippen molar-refractivity contribution in [1.29, 1.82) is 0 Å². The largest absolute Gasteiger partial charge is 0.494 e. The molecule has 0 spiro atoms. The van der Waals surface area contributed by atoms with Gasteiger partial charge in [-0.25, -0.2) is 0 Å². The molecule has 0 radical (unpaired) electrons. The summed E-state index contributed by atoms with van der Waals surface area (Å²) in [5, 5.41) is 2.92. The fourth-order valence-electron chi connectivity index (χ4n) is 2.56. The van der Waals surface area contributed by atoms with Gasteiger partial charge in [-0.15, -0.1) is 0 Å². The van der Waals surface area contributed by atoms with Crippen LogP contribution in [-0.2, 0) is 11.3 Å². The van der Waals surface area contributed by atoms with Gasteiger partial charge in [-0.1, -0.05) is 42.5 Å². The predicted molar refractivity (Wildman–Crippen MR) is 105 cm³/mol. The second-order valence-corrected chi connectivity index (χ2v) is 6.65. The van der Waals surface area contributed by atoms with E-state index in [1.807, 2.05) is 54.6 Å². The molecule has 1 unspecified atom stereocenters. The van der Waals surface area contributed by atoms with Gasteiger partial charge < -0.3 is 20.7 Å². The van der Waals surface area contributed by atoms with E-state index < -0.39 is 0 Å². The summed E-state index contributed by atoms with van der Waals surface area (Å²) < 4.78 is 5.71. The van der Waals surface area contributed by atoms with Crippen molar-refractivity contribution in [3.8, 4) is 5.75 Å². The van der Waals surface area contributed by atoms with E-state index in [0.29, 0.717) is 13.2 Å². The van der Waals surface area contributed by atoms with Crippen molar-refractivity contribution in [3.63, 3.8) is 0 Å². The lowest BCUT2D eigenvalue weighted by Gasteiger charge is -2.13. The van der Waals surface area contributed by atoms with Crippen molar-refractivity contribution < 1.29 is 9.53 Å². The van der Waals surface area contributed by atoms with Crippen LogP contribution in [0.3, 0.4) is 0 Å². The number of carbonyl (C=O) groups excluding carboxylic acids is 1. The third-order valence-corrected chi connectivity index (χ3v) is 4.06. The van der Waals surface area contributed by atoms with Crippen LogP contribution in [0.5, 0.6) is 5.75 Å². The molecule has 26 heavy (non-hydrogen) atoms. The molecule has 0 saturated heterocycles. The lowest BCUT2D eigenvalue weighted by atomic mass is 10.0. The molecule has 1 amide bonds. The van der Waals surface area contributed by atoms with E-state index in [2.05, 4.69) is 24.3 Å². The van der Waals surface area contributed by atoms with Gasteiger partial charge in [0.15, 0.2) is 0 Å². The number of nitrogens with zero attached hydrogens (tertiary/aromatic N) is 1. The topological polar surface area (TPSA) is 67.6 Å². The van der Waals surface area contributed by atoms with Crippen LogP contribution in [0.1, 0.15) is 30.0 Å². The normalized spacial score (nSPS) is 12.0. The predicted octanol–water partition coefficient (Wildman–Crippen LogP) is 2.72. The highest BCUT2D eigenvalue weighted by Crippen LogP contribution is 2.14. The number of hydrogen-bond acceptors (Lipinski definition) is 4. The highest BCUT2D eigenvalue weighted by Gasteiger charge is 2.11. The molecule has 140 valence electrons. The van der Waals surface area contributed by atoms with E-state index in [4.69, 9.17) is 10.5 Å². The van der Waals surface area contributed by atoms with Crippen molar-refractivity contribution in [1.82, 2.24) is 10.2 Å². The van der Waals surface area contributed by atoms with Crippen LogP contribution in [0.4, 0.5) is 0 Å². The van der Waals surface area contributed by atoms with E-state index >= 15 is 0 Å². The summed E-state index contributed by atoms with van der Waals surface area (Å²) in [6, 6.07) is 17.2. The molecule has 0 aliphatic rings. The molecular formula is C21H29N3O2. The van der Waals surface area contributed by atoms with E-state index in [9.17, 15) is 4.79 Å². The molecule has 0 aromatic heterocycles. The van der Waals surface area contributed by atoms with Crippen LogP contribution >= 0.6 is 0 Å². The highest BCUT2D eigenvalue weighted by atomic mass is 16.5. The average Bonchev–Trinajstić information content (AvgIpc) is 2.65. The Hall–Kier alpha value is -2.37. The minimum Gasteiger partial charge on any atom is -0.494 e. The maximum absolute atomic E-state index is 12.1. The van der Waals surface area contributed by atoms with Gasteiger partial charge in [0.25, 0.3) is 0 Å². The van der Waals surface area contributed by atoms with Crippen LogP contribution < -0.4 is 15.8 Å². The van der Waals surface area contributed by atoms with E-state index in [0.717, 1.165) is 29.8 Å². The first kappa shape index (κ1) is 19.9. The zero-order valence-electron chi connectivity index (χ0n) is 15.7. The van der Waals surface area contributed by atoms with Crippen LogP contribution in [0, 0.1) is 0 Å². The monoisotopic (exact) mass is 355 g/mol. The van der Waals surface area contributed by atoms with Crippen molar-refractivity contribution in [3.05, 3.63) is 65.7 Å². The van der Waals surface area contributed by atoms with Gasteiger partial charge in [0.05, 0.1) is 6.61 Å². The smallest absolute Gasteiger partial charge is 0.222 e. The Morgan fingerprint density at radius 2 is 1.81 bits per heavy atom. The number of ether oxygens (including phenoxy) is 1. The summed E-state index contributed by atoms with van der Waals surface area (Å²) in [5.74, 6) is 0.801. The van der Waals surface area contributed by atoms with Crippen LogP contribution in [0.15, 0.2) is 54.6 Å². The molecule has 2 rings (SSSR count). The number of rotatable bonds is 10. The number of amides is 1. The summed E-state index contributed by atoms with van der Waals surface area (Å²) in [4.78, 5) is 14.2. The lowest BCUT2D eigenvalue weighted by molar-refractivity contribution is -0.121. The van der Waals surface area contributed by atoms with E-state index in [1.54, 1.807) is 0 Å². The second-order valence-electron chi connectivity index (χ2n) is 6.65. The molecule has 0 aliphatic heterocycles. The average molecular weight is 355 g/mol. The quantitative estimate of drug-likeness (QED) is 0.643. The minimum atomic E-state index is -0.283. The lowest BCUT2D eigenvalue weighted by Crippen LogP contribution is -2.27. The molecular weight excluding hydrogens is 326 g/mol. The third-order valence-electron chi connectivity index (χ3n) is 4.06. The first-order chi connectivity index (χ1) is 12.5. The first-order valence-corrected chi connectivity index (χ1v) is 8.98. The molecule has 1 atom stereocenters. The summed E-state index contributed by atoms with van der Waals surface area (Å²) in [7, 11) is 4.10. The SMILES string of the molecule is CN(C)CCCOc1ccc(CNC(=O)CC(N)c2ccccc2)cc1. The molecule has 5 nitrogen and oxygen atoms in total. The summed E-state index contributed by atoms with van der Waals surface area (Å²) in [5.41, 5.74) is 8.09. The number of carbonyl (C=O) groups is 1. The maximum Gasteiger partial charge on any atom is 0.222 e. The van der Waals surface area contributed by atoms with Gasteiger partial charge in [0, 0.05) is 25.6 Å². The van der Waals surface area contributed by atoms with Gasteiger partial charge in [0.2, 0.25) is 5.91 Å². The molecule has 3 N–H and O–H groups in total. The van der Waals surface area contributed by atoms with Gasteiger partial charge in [0.1, 0.15) is 5.75 Å². The molecule has 0 fully saturated rings. The summed E-state index contributed by atoms with van der Waals surface area (Å²) >= 11 is 0. The Labute approximate surface area is 156 Å². The molecule has 2 aromatic rings. The highest BCUT2D eigenvalue weighted by molar-refractivity contribution is 5.76. The zero-order chi connectivity index (χ0) is 18.8. The van der Waals surface area contributed by atoms with Gasteiger partial charge in [-0.2, -0.15) is 0 Å². The molecule has 0 aliphatic carbocycles. The van der Waals surface area contributed by atoms with Crippen molar-refractivity contribution >= 4 is 5.91 Å². The number of benzene rings is 2. The Morgan fingerprint density at radius 1 is 1.12 bits per heavy atom. The van der Waals surface area contributed by atoms with Crippen molar-refractivity contribution in [2.24, 2.45) is 5.73 Å². The Kier molecular flexibility index (Phi) is 8.12. The number of nitrogens with two attached hydrogens (primary N) is 1. The fourth-order valence-corrected chi connectivity index (χ4v) is 2.56. The fraction of sp³-hybridized carbons (Fsp3) is 0.381. The number of nitrogens with one attached hydrogen (secondary N) is 1. The van der Waals surface area contributed by atoms with Gasteiger partial charge in [-0.3, -0.25) is 4.79 Å². The molecule has 5 heteroatoms. The molecule has 2 aromatic carbocycles. The molecule has 0 heterocycles. The van der Waals surface area contributed by atoms with Gasteiger partial charge in [-0.05, 0) is 43.8 Å². The summed E-state index contributed by atoms with van der Waals surface area (Å²) in [6.07, 6.45) is 1.27. The van der Waals surface area contributed by atoms with Crippen LogP contribution in [0.25, 0.3) is 0 Å². The van der Waals surface area contributed by atoms with E-state index in [-0.39, 0.29) is 18.4 Å². The first-order valence-electron chi connectivity index (χ1n) is 8.98. The van der Waals surface area contributed by atoms with E-state index in [1.165, 1.54) is 0 Å². The van der Waals surface area contributed by atoms with Crippen LogP contribution in [-0.4, -0.2) is 38.1 Å². The molecule has 0 bridgehead atoms. The molecule has 0 saturated carbocycles. The van der Waals surface area contributed by atoms with Crippen molar-refractivity contribution in [2.75, 3.05) is 27.2 Å². The third kappa shape index (κ3) is 7.25. The zero-order valence-corrected chi connectivity index (χ0v) is 15.7. The standard InChI is InChI=1S/C21H29N3O2/c1-24(2)13-6-14-26-19-11-9-17(10-12-19)16-23-21(25)15-20(22)18-7-4-3-5-8-18/h3-5,7-12,20H,6,13-16,22H2,1-2H3,(H,23,25). The Balaban J connectivity index is 1.71. The second kappa shape index (κ2) is 10.6. The Bertz CT molecular complexity index is 657. The van der Waals surface area contributed by atoms with Crippen LogP contribution in [0.2, 0.25) is 0 Å². The summed E-state index contributed by atoms with van der Waals surface area (Å²) in [6.45, 7) is 2.20.